The van der Waals surface area contributed by atoms with Gasteiger partial charge in [0.1, 0.15) is 12.0 Å². The van der Waals surface area contributed by atoms with E-state index in [9.17, 15) is 14.9 Å². The molecule has 0 radical (unpaired) electrons. The van der Waals surface area contributed by atoms with Gasteiger partial charge >= 0.3 is 0 Å². The van der Waals surface area contributed by atoms with E-state index in [1.54, 1.807) is 0 Å². The van der Waals surface area contributed by atoms with Gasteiger partial charge in [-0.3, -0.25) is 14.9 Å². The number of benzene rings is 1. The Morgan fingerprint density at radius 1 is 1.56 bits per heavy atom. The number of aliphatic hydroxyl groups excluding tert-OH is 1. The highest BCUT2D eigenvalue weighted by Gasteiger charge is 2.16. The van der Waals surface area contributed by atoms with Crippen LogP contribution in [-0.4, -0.2) is 29.0 Å². The average molecular weight is 252 g/mol. The maximum Gasteiger partial charge on any atom is 0.293 e. The molecule has 1 unspecified atom stereocenters. The van der Waals surface area contributed by atoms with Crippen LogP contribution in [-0.2, 0) is 0 Å². The molecule has 18 heavy (non-hydrogen) atoms. The van der Waals surface area contributed by atoms with E-state index >= 15 is 0 Å². The lowest BCUT2D eigenvalue weighted by molar-refractivity contribution is -0.384. The molecule has 1 rings (SSSR count). The zero-order valence-electron chi connectivity index (χ0n) is 10.1. The van der Waals surface area contributed by atoms with Crippen molar-refractivity contribution in [2.75, 3.05) is 11.9 Å². The number of nitro benzene ring substituents is 1. The third-order valence-corrected chi connectivity index (χ3v) is 2.68. The number of hydrogen-bond acceptors (Lipinski definition) is 5. The van der Waals surface area contributed by atoms with E-state index in [1.807, 2.05) is 6.92 Å². The van der Waals surface area contributed by atoms with Crippen molar-refractivity contribution in [3.63, 3.8) is 0 Å². The molecule has 2 N–H and O–H groups in total. The molecule has 0 saturated heterocycles. The van der Waals surface area contributed by atoms with E-state index in [-0.39, 0.29) is 23.9 Å². The van der Waals surface area contributed by atoms with Crippen LogP contribution in [0, 0.1) is 10.1 Å². The smallest absolute Gasteiger partial charge is 0.293 e. The maximum atomic E-state index is 10.9. The second-order valence-electron chi connectivity index (χ2n) is 3.91. The molecule has 0 spiro atoms. The van der Waals surface area contributed by atoms with Gasteiger partial charge in [-0.05, 0) is 25.0 Å². The van der Waals surface area contributed by atoms with Crippen LogP contribution in [0.5, 0.6) is 0 Å². The van der Waals surface area contributed by atoms with Crippen LogP contribution in [0.3, 0.4) is 0 Å². The summed E-state index contributed by atoms with van der Waals surface area (Å²) in [6.45, 7) is 1.95. The van der Waals surface area contributed by atoms with E-state index in [4.69, 9.17) is 5.11 Å². The monoisotopic (exact) mass is 252 g/mol. The van der Waals surface area contributed by atoms with Crippen LogP contribution in [0.2, 0.25) is 0 Å². The number of nitrogens with zero attached hydrogens (tertiary/aromatic N) is 1. The largest absolute Gasteiger partial charge is 0.396 e. The van der Waals surface area contributed by atoms with Gasteiger partial charge in [0.2, 0.25) is 0 Å². The Morgan fingerprint density at radius 3 is 2.78 bits per heavy atom. The van der Waals surface area contributed by atoms with E-state index < -0.39 is 4.92 Å². The predicted molar refractivity (Wildman–Crippen MR) is 67.9 cm³/mol. The molecular formula is C12H16N2O4. The number of nitrogens with one attached hydrogen (secondary N) is 1. The maximum absolute atomic E-state index is 10.9. The minimum Gasteiger partial charge on any atom is -0.396 e. The van der Waals surface area contributed by atoms with E-state index in [1.165, 1.54) is 18.2 Å². The van der Waals surface area contributed by atoms with Crippen molar-refractivity contribution < 1.29 is 14.8 Å². The lowest BCUT2D eigenvalue weighted by atomic mass is 10.1. The SMILES string of the molecule is CCC(CCO)Nc1ccc(C=O)cc1[N+](=O)[O-]. The number of rotatable bonds is 7. The van der Waals surface area contributed by atoms with Crippen molar-refractivity contribution in [3.05, 3.63) is 33.9 Å². The molecule has 0 bridgehead atoms. The second kappa shape index (κ2) is 6.70. The van der Waals surface area contributed by atoms with Crippen LogP contribution in [0.25, 0.3) is 0 Å². The zero-order chi connectivity index (χ0) is 13.5. The van der Waals surface area contributed by atoms with E-state index in [0.29, 0.717) is 18.4 Å². The summed E-state index contributed by atoms with van der Waals surface area (Å²) in [6.07, 6.45) is 1.83. The molecule has 1 aromatic rings. The molecule has 0 saturated carbocycles. The second-order valence-corrected chi connectivity index (χ2v) is 3.91. The summed E-state index contributed by atoms with van der Waals surface area (Å²) < 4.78 is 0. The van der Waals surface area contributed by atoms with Gasteiger partial charge in [-0.1, -0.05) is 6.92 Å². The number of nitro groups is 1. The molecular weight excluding hydrogens is 236 g/mol. The molecule has 98 valence electrons. The van der Waals surface area contributed by atoms with E-state index in [2.05, 4.69) is 5.32 Å². The third kappa shape index (κ3) is 3.53. The molecule has 0 heterocycles. The predicted octanol–water partition coefficient (Wildman–Crippen LogP) is 1.98. The summed E-state index contributed by atoms with van der Waals surface area (Å²) in [5.74, 6) is 0. The minimum absolute atomic E-state index is 0.0196. The van der Waals surface area contributed by atoms with Gasteiger partial charge in [0.15, 0.2) is 0 Å². The Morgan fingerprint density at radius 2 is 2.28 bits per heavy atom. The highest BCUT2D eigenvalue weighted by Crippen LogP contribution is 2.26. The summed E-state index contributed by atoms with van der Waals surface area (Å²) >= 11 is 0. The Hall–Kier alpha value is -1.95. The average Bonchev–Trinajstić information content (AvgIpc) is 2.38. The number of carbonyl (C=O) groups is 1. The first-order valence-electron chi connectivity index (χ1n) is 5.73. The zero-order valence-corrected chi connectivity index (χ0v) is 10.1. The number of aliphatic hydroxyl groups is 1. The standard InChI is InChI=1S/C12H16N2O4/c1-2-10(5-6-15)13-11-4-3-9(8-16)7-12(11)14(17)18/h3-4,7-8,10,13,15H,2,5-6H2,1H3. The minimum atomic E-state index is -0.527. The number of aldehydes is 1. The number of hydrogen-bond donors (Lipinski definition) is 2. The summed E-state index contributed by atoms with van der Waals surface area (Å²) in [4.78, 5) is 21.0. The van der Waals surface area contributed by atoms with Crippen LogP contribution in [0.15, 0.2) is 18.2 Å². The topological polar surface area (TPSA) is 92.5 Å². The van der Waals surface area contributed by atoms with Crippen molar-refractivity contribution >= 4 is 17.7 Å². The van der Waals surface area contributed by atoms with Crippen molar-refractivity contribution in [2.45, 2.75) is 25.8 Å². The van der Waals surface area contributed by atoms with Gasteiger partial charge < -0.3 is 10.4 Å². The van der Waals surface area contributed by atoms with Gasteiger partial charge in [0, 0.05) is 24.3 Å². The first-order valence-corrected chi connectivity index (χ1v) is 5.73. The number of anilines is 1. The summed E-state index contributed by atoms with van der Waals surface area (Å²) in [6, 6.07) is 4.24. The molecule has 6 heteroatoms. The third-order valence-electron chi connectivity index (χ3n) is 2.68. The normalized spacial score (nSPS) is 11.9. The molecule has 0 aliphatic carbocycles. The van der Waals surface area contributed by atoms with Gasteiger partial charge in [-0.25, -0.2) is 0 Å². The first-order chi connectivity index (χ1) is 8.62. The summed E-state index contributed by atoms with van der Waals surface area (Å²) in [5, 5.41) is 22.8. The Bertz CT molecular complexity index is 434. The molecule has 0 aromatic heterocycles. The van der Waals surface area contributed by atoms with Crippen LogP contribution in [0.1, 0.15) is 30.1 Å². The van der Waals surface area contributed by atoms with Gasteiger partial charge in [0.05, 0.1) is 4.92 Å². The number of carbonyl (C=O) groups excluding carboxylic acids is 1. The highest BCUT2D eigenvalue weighted by molar-refractivity contribution is 5.79. The fraction of sp³-hybridized carbons (Fsp3) is 0.417. The Balaban J connectivity index is 3.00. The van der Waals surface area contributed by atoms with Crippen LogP contribution in [0.4, 0.5) is 11.4 Å². The van der Waals surface area contributed by atoms with Gasteiger partial charge in [-0.2, -0.15) is 0 Å². The summed E-state index contributed by atoms with van der Waals surface area (Å²) in [7, 11) is 0. The quantitative estimate of drug-likeness (QED) is 0.439. The lowest BCUT2D eigenvalue weighted by Crippen LogP contribution is -2.20. The van der Waals surface area contributed by atoms with Crippen molar-refractivity contribution in [2.24, 2.45) is 0 Å². The molecule has 1 aromatic carbocycles. The Kier molecular flexibility index (Phi) is 5.26. The fourth-order valence-electron chi connectivity index (χ4n) is 1.65. The lowest BCUT2D eigenvalue weighted by Gasteiger charge is -2.17. The van der Waals surface area contributed by atoms with Crippen molar-refractivity contribution in [3.8, 4) is 0 Å². The summed E-state index contributed by atoms with van der Waals surface area (Å²) in [5.41, 5.74) is 0.504. The Labute approximate surface area is 105 Å². The molecule has 0 aliphatic heterocycles. The van der Waals surface area contributed by atoms with Crippen molar-refractivity contribution in [1.29, 1.82) is 0 Å². The molecule has 6 nitrogen and oxygen atoms in total. The molecule has 0 aliphatic rings. The van der Waals surface area contributed by atoms with Crippen molar-refractivity contribution in [1.82, 2.24) is 0 Å². The fourth-order valence-corrected chi connectivity index (χ4v) is 1.65. The van der Waals surface area contributed by atoms with Crippen LogP contribution < -0.4 is 5.32 Å². The molecule has 0 amide bonds. The van der Waals surface area contributed by atoms with E-state index in [0.717, 1.165) is 6.42 Å². The molecule has 1 atom stereocenters. The first kappa shape index (κ1) is 14.1. The van der Waals surface area contributed by atoms with Gasteiger partial charge in [0.25, 0.3) is 5.69 Å². The molecule has 0 fully saturated rings. The highest BCUT2D eigenvalue weighted by atomic mass is 16.6. The van der Waals surface area contributed by atoms with Gasteiger partial charge in [-0.15, -0.1) is 0 Å². The van der Waals surface area contributed by atoms with Crippen LogP contribution >= 0.6 is 0 Å².